The van der Waals surface area contributed by atoms with Crippen LogP contribution in [-0.2, 0) is 0 Å². The van der Waals surface area contributed by atoms with Crippen molar-refractivity contribution in [2.75, 3.05) is 0 Å². The number of nitrogens with zero attached hydrogens (tertiary/aromatic N) is 2. The fourth-order valence-electron chi connectivity index (χ4n) is 6.61. The molecular formula is C42H26N4O. The molecule has 0 saturated heterocycles. The van der Waals surface area contributed by atoms with Crippen LogP contribution in [-0.4, -0.2) is 21.4 Å². The summed E-state index contributed by atoms with van der Waals surface area (Å²) >= 11 is 0. The summed E-state index contributed by atoms with van der Waals surface area (Å²) in [5.41, 5.74) is 10.4. The number of benzene rings is 6. The first-order valence-electron chi connectivity index (χ1n) is 15.5. The number of fused-ring (bicyclic) bond motifs is 6. The lowest BCUT2D eigenvalue weighted by Crippen LogP contribution is -2.16. The summed E-state index contributed by atoms with van der Waals surface area (Å²) < 4.78 is 6.13. The van der Waals surface area contributed by atoms with Gasteiger partial charge in [0.05, 0.1) is 22.8 Å². The quantitative estimate of drug-likeness (QED) is 0.210. The number of aromatic nitrogens is 2. The van der Waals surface area contributed by atoms with Gasteiger partial charge in [-0.25, -0.2) is 9.97 Å². The Balaban J connectivity index is 1.29. The molecule has 5 nitrogen and oxygen atoms in total. The number of hydrogen-bond donors (Lipinski definition) is 2. The van der Waals surface area contributed by atoms with E-state index in [9.17, 15) is 0 Å². The molecule has 2 N–H and O–H groups in total. The zero-order chi connectivity index (χ0) is 31.5. The molecule has 0 saturated carbocycles. The zero-order valence-electron chi connectivity index (χ0n) is 25.2. The Hall–Kier alpha value is -6.46. The molecule has 47 heavy (non-hydrogen) atoms. The summed E-state index contributed by atoms with van der Waals surface area (Å²) in [6.07, 6.45) is 3.59. The summed E-state index contributed by atoms with van der Waals surface area (Å²) in [7, 11) is 0. The maximum absolute atomic E-state index is 8.73. The number of para-hydroxylation sites is 1. The fourth-order valence-corrected chi connectivity index (χ4v) is 6.61. The van der Waals surface area contributed by atoms with Crippen LogP contribution in [0.1, 0.15) is 11.1 Å². The summed E-state index contributed by atoms with van der Waals surface area (Å²) in [5, 5.41) is 21.1. The highest BCUT2D eigenvalue weighted by Crippen LogP contribution is 2.37. The molecule has 1 aliphatic carbocycles. The number of rotatable bonds is 4. The molecule has 0 aliphatic heterocycles. The van der Waals surface area contributed by atoms with Crippen molar-refractivity contribution in [2.24, 2.45) is 0 Å². The van der Waals surface area contributed by atoms with Gasteiger partial charge in [0.2, 0.25) is 0 Å². The highest BCUT2D eigenvalue weighted by molar-refractivity contribution is 6.53. The van der Waals surface area contributed by atoms with E-state index in [1.807, 2.05) is 54.6 Å². The van der Waals surface area contributed by atoms with Crippen LogP contribution in [0.25, 0.3) is 83.8 Å². The summed E-state index contributed by atoms with van der Waals surface area (Å²) in [4.78, 5) is 10.4. The number of hydrogen-bond acceptors (Lipinski definition) is 5. The van der Waals surface area contributed by atoms with Crippen LogP contribution in [0, 0.1) is 10.8 Å². The minimum absolute atomic E-state index is 0.204. The standard InChI is InChI=1S/C42H26N4O/c43-35-20-18-27-16-14-26-15-17-29(23-33(26)40(27)41(35)44)42-45-36(28-19-21-39-34(22-28)32-12-6-7-13-38(32)47-39)24-37(46-42)31-11-5-4-10-30(31)25-8-2-1-3-9-25/h1-24,43-44H. The number of allylic oxidation sites excluding steroid dienone is 1. The van der Waals surface area contributed by atoms with Crippen molar-refractivity contribution in [1.29, 1.82) is 10.8 Å². The van der Waals surface area contributed by atoms with Crippen LogP contribution in [0.4, 0.5) is 0 Å². The molecule has 0 spiro atoms. The highest BCUT2D eigenvalue weighted by atomic mass is 16.3. The molecule has 2 aromatic heterocycles. The predicted molar refractivity (Wildman–Crippen MR) is 192 cm³/mol. The van der Waals surface area contributed by atoms with Crippen LogP contribution in [0.15, 0.2) is 144 Å². The number of furan rings is 1. The monoisotopic (exact) mass is 602 g/mol. The van der Waals surface area contributed by atoms with Gasteiger partial charge in [0.25, 0.3) is 0 Å². The SMILES string of the molecule is N=C1C=Cc2ccc3ccc(-c4nc(-c5ccc6oc7ccccc7c6c5)cc(-c5ccccc5-c5ccccc5)n4)cc3c2C1=N. The van der Waals surface area contributed by atoms with Crippen molar-refractivity contribution in [2.45, 2.75) is 0 Å². The molecule has 1 aliphatic rings. The minimum atomic E-state index is 0.204. The predicted octanol–water partition coefficient (Wildman–Crippen LogP) is 10.6. The Morgan fingerprint density at radius 1 is 0.489 bits per heavy atom. The zero-order valence-corrected chi connectivity index (χ0v) is 25.2. The number of nitrogens with one attached hydrogen (secondary N) is 2. The van der Waals surface area contributed by atoms with Gasteiger partial charge in [-0.05, 0) is 69.9 Å². The van der Waals surface area contributed by atoms with E-state index >= 15 is 0 Å². The molecule has 9 rings (SSSR count). The molecule has 220 valence electrons. The topological polar surface area (TPSA) is 86.6 Å². The summed E-state index contributed by atoms with van der Waals surface area (Å²) in [6, 6.07) is 45.3. The minimum Gasteiger partial charge on any atom is -0.456 e. The first kappa shape index (κ1) is 26.9. The van der Waals surface area contributed by atoms with E-state index in [1.54, 1.807) is 6.08 Å². The molecule has 0 amide bonds. The van der Waals surface area contributed by atoms with Gasteiger partial charge in [0.1, 0.15) is 11.2 Å². The maximum atomic E-state index is 8.73. The lowest BCUT2D eigenvalue weighted by atomic mass is 9.88. The van der Waals surface area contributed by atoms with E-state index in [4.69, 9.17) is 25.2 Å². The van der Waals surface area contributed by atoms with Crippen molar-refractivity contribution < 1.29 is 4.42 Å². The van der Waals surface area contributed by atoms with E-state index in [0.717, 1.165) is 83.0 Å². The van der Waals surface area contributed by atoms with Crippen LogP contribution >= 0.6 is 0 Å². The van der Waals surface area contributed by atoms with E-state index in [-0.39, 0.29) is 11.4 Å². The second-order valence-corrected chi connectivity index (χ2v) is 11.8. The molecule has 8 aromatic rings. The van der Waals surface area contributed by atoms with E-state index in [2.05, 4.69) is 84.9 Å². The van der Waals surface area contributed by atoms with Gasteiger partial charge in [-0.2, -0.15) is 0 Å². The average molecular weight is 603 g/mol. The molecule has 0 atom stereocenters. The summed E-state index contributed by atoms with van der Waals surface area (Å²) in [5.74, 6) is 0.588. The first-order valence-corrected chi connectivity index (χ1v) is 15.5. The highest BCUT2D eigenvalue weighted by Gasteiger charge is 2.20. The molecule has 0 bridgehead atoms. The Bertz CT molecular complexity index is 2610. The van der Waals surface area contributed by atoms with E-state index < -0.39 is 0 Å². The van der Waals surface area contributed by atoms with Crippen LogP contribution < -0.4 is 0 Å². The van der Waals surface area contributed by atoms with Gasteiger partial charge >= 0.3 is 0 Å². The molecule has 2 heterocycles. The Labute approximate surface area is 270 Å². The first-order chi connectivity index (χ1) is 23.1. The molecular weight excluding hydrogens is 576 g/mol. The van der Waals surface area contributed by atoms with Gasteiger partial charge in [-0.3, -0.25) is 10.8 Å². The van der Waals surface area contributed by atoms with Gasteiger partial charge in [-0.1, -0.05) is 103 Å². The molecule has 5 heteroatoms. The fraction of sp³-hybridized carbons (Fsp3) is 0. The van der Waals surface area contributed by atoms with Crippen LogP contribution in [0.3, 0.4) is 0 Å². The van der Waals surface area contributed by atoms with Crippen LogP contribution in [0.2, 0.25) is 0 Å². The smallest absolute Gasteiger partial charge is 0.160 e. The second-order valence-electron chi connectivity index (χ2n) is 11.8. The van der Waals surface area contributed by atoms with Gasteiger partial charge in [-0.15, -0.1) is 0 Å². The Morgan fingerprint density at radius 3 is 2.09 bits per heavy atom. The van der Waals surface area contributed by atoms with Crippen molar-refractivity contribution in [3.05, 3.63) is 151 Å². The third-order valence-electron chi connectivity index (χ3n) is 8.95. The molecule has 0 fully saturated rings. The maximum Gasteiger partial charge on any atom is 0.160 e. The van der Waals surface area contributed by atoms with Crippen molar-refractivity contribution in [3.8, 4) is 45.0 Å². The second kappa shape index (κ2) is 10.6. The molecule has 0 radical (unpaired) electrons. The Kier molecular flexibility index (Phi) is 6.05. The van der Waals surface area contributed by atoms with Crippen molar-refractivity contribution >= 4 is 50.2 Å². The van der Waals surface area contributed by atoms with Gasteiger partial charge in [0.15, 0.2) is 5.82 Å². The van der Waals surface area contributed by atoms with Gasteiger partial charge in [0, 0.05) is 33.0 Å². The van der Waals surface area contributed by atoms with Crippen LogP contribution in [0.5, 0.6) is 0 Å². The summed E-state index contributed by atoms with van der Waals surface area (Å²) in [6.45, 7) is 0. The third kappa shape index (κ3) is 4.48. The van der Waals surface area contributed by atoms with Gasteiger partial charge < -0.3 is 4.42 Å². The lowest BCUT2D eigenvalue weighted by Gasteiger charge is -2.16. The van der Waals surface area contributed by atoms with Crippen molar-refractivity contribution in [1.82, 2.24) is 9.97 Å². The van der Waals surface area contributed by atoms with E-state index in [0.29, 0.717) is 5.82 Å². The van der Waals surface area contributed by atoms with Crippen molar-refractivity contribution in [3.63, 3.8) is 0 Å². The molecule has 6 aromatic carbocycles. The average Bonchev–Trinajstić information content (AvgIpc) is 3.51. The Morgan fingerprint density at radius 2 is 1.19 bits per heavy atom. The molecule has 0 unspecified atom stereocenters. The largest absolute Gasteiger partial charge is 0.456 e. The van der Waals surface area contributed by atoms with E-state index in [1.165, 1.54) is 0 Å². The normalized spacial score (nSPS) is 12.7. The third-order valence-corrected chi connectivity index (χ3v) is 8.95. The lowest BCUT2D eigenvalue weighted by molar-refractivity contribution is 0.669.